The van der Waals surface area contributed by atoms with Crippen molar-refractivity contribution in [1.29, 1.82) is 0 Å². The van der Waals surface area contributed by atoms with Crippen LogP contribution in [0.2, 0.25) is 0 Å². The van der Waals surface area contributed by atoms with Crippen molar-refractivity contribution in [1.82, 2.24) is 10.2 Å². The normalized spacial score (nSPS) is 10.6. The molecule has 96 valence electrons. The summed E-state index contributed by atoms with van der Waals surface area (Å²) in [5.41, 5.74) is 0.795. The lowest BCUT2D eigenvalue weighted by atomic mass is 10.2. The van der Waals surface area contributed by atoms with Crippen LogP contribution in [0.3, 0.4) is 0 Å². The fraction of sp³-hybridized carbons (Fsp3) is 0.0769. The predicted octanol–water partition coefficient (Wildman–Crippen LogP) is 3.77. The molecule has 0 saturated heterocycles. The van der Waals surface area contributed by atoms with E-state index < -0.39 is 0 Å². The smallest absolute Gasteiger partial charge is 0.283 e. The average Bonchev–Trinajstić information content (AvgIpc) is 3.07. The molecule has 6 heteroatoms. The third-order valence-corrected chi connectivity index (χ3v) is 2.95. The van der Waals surface area contributed by atoms with Crippen LogP contribution in [0.15, 0.2) is 49.9 Å². The van der Waals surface area contributed by atoms with Crippen LogP contribution in [0.1, 0.15) is 0 Å². The van der Waals surface area contributed by atoms with Crippen molar-refractivity contribution in [3.05, 3.63) is 41.1 Å². The molecule has 0 aliphatic carbocycles. The number of nitrogens with zero attached hydrogens (tertiary/aromatic N) is 2. The number of ether oxygens (including phenoxy) is 1. The van der Waals surface area contributed by atoms with E-state index in [9.17, 15) is 0 Å². The highest BCUT2D eigenvalue weighted by Gasteiger charge is 2.13. The van der Waals surface area contributed by atoms with Gasteiger partial charge in [0.1, 0.15) is 5.75 Å². The molecule has 5 nitrogen and oxygen atoms in total. The second-order valence-corrected chi connectivity index (χ2v) is 4.53. The Kier molecular flexibility index (Phi) is 3.08. The van der Waals surface area contributed by atoms with Gasteiger partial charge in [0.05, 0.1) is 7.11 Å². The number of benzene rings is 1. The van der Waals surface area contributed by atoms with Crippen LogP contribution >= 0.6 is 15.9 Å². The molecule has 1 aromatic carbocycles. The van der Waals surface area contributed by atoms with E-state index in [4.69, 9.17) is 13.6 Å². The minimum absolute atomic E-state index is 0.337. The first-order chi connectivity index (χ1) is 9.26. The van der Waals surface area contributed by atoms with Gasteiger partial charge in [-0.25, -0.2) is 0 Å². The van der Waals surface area contributed by atoms with Crippen molar-refractivity contribution in [3.8, 4) is 28.9 Å². The Balaban J connectivity index is 1.96. The number of methoxy groups -OCH3 is 1. The quantitative estimate of drug-likeness (QED) is 0.735. The maximum atomic E-state index is 5.58. The molecule has 0 aliphatic heterocycles. The van der Waals surface area contributed by atoms with Gasteiger partial charge in [0.15, 0.2) is 10.4 Å². The van der Waals surface area contributed by atoms with E-state index in [-0.39, 0.29) is 0 Å². The lowest BCUT2D eigenvalue weighted by Crippen LogP contribution is -1.83. The van der Waals surface area contributed by atoms with Gasteiger partial charge in [-0.15, -0.1) is 10.2 Å². The number of aromatic nitrogens is 2. The highest BCUT2D eigenvalue weighted by molar-refractivity contribution is 9.10. The highest BCUT2D eigenvalue weighted by Crippen LogP contribution is 2.28. The van der Waals surface area contributed by atoms with Gasteiger partial charge in [0, 0.05) is 5.56 Å². The Morgan fingerprint density at radius 1 is 1.05 bits per heavy atom. The topological polar surface area (TPSA) is 61.3 Å². The SMILES string of the molecule is COc1cccc(-c2nnc(-c3ccc(Br)o3)o2)c1. The first kappa shape index (κ1) is 12.0. The Labute approximate surface area is 117 Å². The van der Waals surface area contributed by atoms with Gasteiger partial charge in [0.25, 0.3) is 5.89 Å². The number of hydrogen-bond acceptors (Lipinski definition) is 5. The summed E-state index contributed by atoms with van der Waals surface area (Å²) in [6, 6.07) is 10.9. The molecule has 19 heavy (non-hydrogen) atoms. The fourth-order valence-electron chi connectivity index (χ4n) is 1.62. The van der Waals surface area contributed by atoms with Crippen molar-refractivity contribution < 1.29 is 13.6 Å². The van der Waals surface area contributed by atoms with Gasteiger partial charge >= 0.3 is 0 Å². The Bertz CT molecular complexity index is 705. The number of hydrogen-bond donors (Lipinski definition) is 0. The van der Waals surface area contributed by atoms with E-state index in [1.165, 1.54) is 0 Å². The Morgan fingerprint density at radius 2 is 1.89 bits per heavy atom. The van der Waals surface area contributed by atoms with Crippen molar-refractivity contribution in [2.24, 2.45) is 0 Å². The minimum Gasteiger partial charge on any atom is -0.497 e. The van der Waals surface area contributed by atoms with Gasteiger partial charge in [-0.05, 0) is 46.3 Å². The van der Waals surface area contributed by atoms with Gasteiger partial charge in [-0.1, -0.05) is 6.07 Å². The Hall–Kier alpha value is -2.08. The monoisotopic (exact) mass is 320 g/mol. The predicted molar refractivity (Wildman–Crippen MR) is 71.7 cm³/mol. The zero-order valence-electron chi connectivity index (χ0n) is 9.96. The van der Waals surface area contributed by atoms with Crippen molar-refractivity contribution in [3.63, 3.8) is 0 Å². The molecule has 0 radical (unpaired) electrons. The summed E-state index contributed by atoms with van der Waals surface area (Å²) >= 11 is 3.23. The summed E-state index contributed by atoms with van der Waals surface area (Å²) < 4.78 is 16.7. The standard InChI is InChI=1S/C13H9BrN2O3/c1-17-9-4-2-3-8(7-9)12-15-16-13(19-12)10-5-6-11(14)18-10/h2-7H,1H3. The number of furan rings is 1. The second-order valence-electron chi connectivity index (χ2n) is 3.75. The molecule has 0 amide bonds. The Morgan fingerprint density at radius 3 is 2.63 bits per heavy atom. The maximum absolute atomic E-state index is 5.58. The lowest BCUT2D eigenvalue weighted by Gasteiger charge is -1.99. The van der Waals surface area contributed by atoms with E-state index in [1.54, 1.807) is 19.2 Å². The largest absolute Gasteiger partial charge is 0.497 e. The fourth-order valence-corrected chi connectivity index (χ4v) is 1.93. The molecule has 0 bridgehead atoms. The molecule has 0 N–H and O–H groups in total. The molecule has 2 aromatic heterocycles. The summed E-state index contributed by atoms with van der Waals surface area (Å²) in [5, 5.41) is 7.96. The summed E-state index contributed by atoms with van der Waals surface area (Å²) in [5.74, 6) is 2.01. The molecule has 0 aliphatic rings. The molecule has 3 rings (SSSR count). The van der Waals surface area contributed by atoms with Gasteiger partial charge in [-0.2, -0.15) is 0 Å². The van der Waals surface area contributed by atoms with E-state index in [0.717, 1.165) is 11.3 Å². The summed E-state index contributed by atoms with van der Waals surface area (Å²) in [6.07, 6.45) is 0. The zero-order chi connectivity index (χ0) is 13.2. The summed E-state index contributed by atoms with van der Waals surface area (Å²) in [4.78, 5) is 0. The van der Waals surface area contributed by atoms with Gasteiger partial charge < -0.3 is 13.6 Å². The molecule has 0 saturated carbocycles. The van der Waals surface area contributed by atoms with Crippen LogP contribution in [-0.2, 0) is 0 Å². The molecular formula is C13H9BrN2O3. The van der Waals surface area contributed by atoms with Crippen LogP contribution in [0.4, 0.5) is 0 Å². The van der Waals surface area contributed by atoms with E-state index in [1.807, 2.05) is 24.3 Å². The second kappa shape index (κ2) is 4.89. The maximum Gasteiger partial charge on any atom is 0.283 e. The molecule has 0 atom stereocenters. The first-order valence-corrected chi connectivity index (χ1v) is 6.29. The van der Waals surface area contributed by atoms with Crippen LogP contribution in [0.5, 0.6) is 5.75 Å². The summed E-state index contributed by atoms with van der Waals surface area (Å²) in [7, 11) is 1.61. The van der Waals surface area contributed by atoms with Crippen LogP contribution in [0, 0.1) is 0 Å². The number of halogens is 1. The first-order valence-electron chi connectivity index (χ1n) is 5.50. The van der Waals surface area contributed by atoms with E-state index in [2.05, 4.69) is 26.1 Å². The highest BCUT2D eigenvalue weighted by atomic mass is 79.9. The third-order valence-electron chi connectivity index (χ3n) is 2.53. The van der Waals surface area contributed by atoms with Gasteiger partial charge in [-0.3, -0.25) is 0 Å². The van der Waals surface area contributed by atoms with Crippen LogP contribution in [-0.4, -0.2) is 17.3 Å². The molecule has 3 aromatic rings. The molecule has 2 heterocycles. The third kappa shape index (κ3) is 2.39. The van der Waals surface area contributed by atoms with E-state index >= 15 is 0 Å². The molecular weight excluding hydrogens is 312 g/mol. The van der Waals surface area contributed by atoms with Crippen molar-refractivity contribution >= 4 is 15.9 Å². The van der Waals surface area contributed by atoms with Crippen molar-refractivity contribution in [2.75, 3.05) is 7.11 Å². The van der Waals surface area contributed by atoms with E-state index in [0.29, 0.717) is 22.2 Å². The lowest BCUT2D eigenvalue weighted by molar-refractivity contribution is 0.414. The van der Waals surface area contributed by atoms with Gasteiger partial charge in [0.2, 0.25) is 5.89 Å². The minimum atomic E-state index is 0.337. The van der Waals surface area contributed by atoms with Crippen LogP contribution in [0.25, 0.3) is 23.1 Å². The number of rotatable bonds is 3. The van der Waals surface area contributed by atoms with Crippen molar-refractivity contribution in [2.45, 2.75) is 0 Å². The average molecular weight is 321 g/mol. The molecule has 0 fully saturated rings. The summed E-state index contributed by atoms with van der Waals surface area (Å²) in [6.45, 7) is 0. The van der Waals surface area contributed by atoms with Crippen LogP contribution < -0.4 is 4.74 Å². The molecule has 0 spiro atoms. The zero-order valence-corrected chi connectivity index (χ0v) is 11.5. The molecule has 0 unspecified atom stereocenters.